The molecule has 1 atom stereocenters. The van der Waals surface area contributed by atoms with Crippen LogP contribution in [0.3, 0.4) is 0 Å². The van der Waals surface area contributed by atoms with Gasteiger partial charge in [-0.15, -0.1) is 11.6 Å². The SMILES string of the molecule is CC1(Cl)CN=C(N)N=C1c1cccc(-c2ccccc2)c1. The first-order chi connectivity index (χ1) is 10.1. The fraction of sp³-hybridized carbons (Fsp3) is 0.176. The van der Waals surface area contributed by atoms with E-state index in [2.05, 4.69) is 34.3 Å². The summed E-state index contributed by atoms with van der Waals surface area (Å²) in [5.74, 6) is 0.285. The molecule has 0 aliphatic carbocycles. The lowest BCUT2D eigenvalue weighted by atomic mass is 9.93. The van der Waals surface area contributed by atoms with Crippen molar-refractivity contribution in [1.29, 1.82) is 0 Å². The van der Waals surface area contributed by atoms with Crippen LogP contribution >= 0.6 is 11.6 Å². The second-order valence-corrected chi connectivity index (χ2v) is 6.11. The molecule has 2 aromatic carbocycles. The van der Waals surface area contributed by atoms with Gasteiger partial charge in [0.1, 0.15) is 4.87 Å². The number of benzene rings is 2. The monoisotopic (exact) mass is 297 g/mol. The minimum Gasteiger partial charge on any atom is -0.368 e. The molecule has 0 saturated heterocycles. The van der Waals surface area contributed by atoms with Crippen molar-refractivity contribution < 1.29 is 0 Å². The predicted molar refractivity (Wildman–Crippen MR) is 89.2 cm³/mol. The Morgan fingerprint density at radius 3 is 2.43 bits per heavy atom. The second-order valence-electron chi connectivity index (χ2n) is 5.28. The molecule has 0 radical (unpaired) electrons. The zero-order valence-corrected chi connectivity index (χ0v) is 12.5. The van der Waals surface area contributed by atoms with Gasteiger partial charge in [-0.25, -0.2) is 9.98 Å². The molecule has 2 aromatic rings. The first-order valence-electron chi connectivity index (χ1n) is 6.80. The summed E-state index contributed by atoms with van der Waals surface area (Å²) in [6.45, 7) is 2.35. The zero-order valence-electron chi connectivity index (χ0n) is 11.8. The van der Waals surface area contributed by atoms with Gasteiger partial charge in [-0.3, -0.25) is 0 Å². The molecule has 0 spiro atoms. The molecule has 1 aliphatic rings. The Morgan fingerprint density at radius 2 is 1.67 bits per heavy atom. The first-order valence-corrected chi connectivity index (χ1v) is 7.18. The van der Waals surface area contributed by atoms with E-state index < -0.39 is 4.87 Å². The van der Waals surface area contributed by atoms with E-state index >= 15 is 0 Å². The van der Waals surface area contributed by atoms with E-state index in [0.717, 1.165) is 22.4 Å². The Bertz CT molecular complexity index is 718. The highest BCUT2D eigenvalue weighted by Gasteiger charge is 2.32. The molecule has 3 nitrogen and oxygen atoms in total. The minimum atomic E-state index is -0.627. The highest BCUT2D eigenvalue weighted by molar-refractivity contribution is 6.40. The van der Waals surface area contributed by atoms with Gasteiger partial charge in [0.25, 0.3) is 0 Å². The number of alkyl halides is 1. The van der Waals surface area contributed by atoms with Crippen LogP contribution < -0.4 is 5.73 Å². The van der Waals surface area contributed by atoms with E-state index in [1.54, 1.807) is 0 Å². The molecule has 1 heterocycles. The van der Waals surface area contributed by atoms with Crippen LogP contribution in [0.1, 0.15) is 12.5 Å². The third-order valence-corrected chi connectivity index (χ3v) is 3.80. The van der Waals surface area contributed by atoms with Crippen molar-refractivity contribution in [2.75, 3.05) is 6.54 Å². The fourth-order valence-corrected chi connectivity index (χ4v) is 2.62. The summed E-state index contributed by atoms with van der Waals surface area (Å²) in [7, 11) is 0. The highest BCUT2D eigenvalue weighted by Crippen LogP contribution is 2.27. The summed E-state index contributed by atoms with van der Waals surface area (Å²) < 4.78 is 0. The Labute approximate surface area is 129 Å². The molecule has 21 heavy (non-hydrogen) atoms. The van der Waals surface area contributed by atoms with Gasteiger partial charge >= 0.3 is 0 Å². The molecule has 0 saturated carbocycles. The summed E-state index contributed by atoms with van der Waals surface area (Å²) >= 11 is 6.54. The van der Waals surface area contributed by atoms with E-state index in [-0.39, 0.29) is 5.96 Å². The van der Waals surface area contributed by atoms with Gasteiger partial charge in [0.05, 0.1) is 12.3 Å². The predicted octanol–water partition coefficient (Wildman–Crippen LogP) is 3.47. The summed E-state index contributed by atoms with van der Waals surface area (Å²) in [4.78, 5) is 7.84. The van der Waals surface area contributed by atoms with Gasteiger partial charge in [-0.1, -0.05) is 48.5 Å². The lowest BCUT2D eigenvalue weighted by Crippen LogP contribution is -2.38. The number of nitrogens with zero attached hydrogens (tertiary/aromatic N) is 2. The van der Waals surface area contributed by atoms with Crippen LogP contribution in [0.5, 0.6) is 0 Å². The Morgan fingerprint density at radius 1 is 1.00 bits per heavy atom. The van der Waals surface area contributed by atoms with Crippen LogP contribution in [-0.4, -0.2) is 23.1 Å². The maximum atomic E-state index is 6.54. The van der Waals surface area contributed by atoms with Gasteiger partial charge in [0.15, 0.2) is 0 Å². The summed E-state index contributed by atoms with van der Waals surface area (Å²) in [6.07, 6.45) is 0. The van der Waals surface area contributed by atoms with Crippen molar-refractivity contribution in [2.24, 2.45) is 15.7 Å². The van der Waals surface area contributed by atoms with Crippen molar-refractivity contribution in [3.05, 3.63) is 60.2 Å². The third-order valence-electron chi connectivity index (χ3n) is 3.50. The van der Waals surface area contributed by atoms with Crippen molar-refractivity contribution in [1.82, 2.24) is 0 Å². The van der Waals surface area contributed by atoms with Crippen LogP contribution in [0.15, 0.2) is 64.6 Å². The molecule has 106 valence electrons. The number of rotatable bonds is 2. The highest BCUT2D eigenvalue weighted by atomic mass is 35.5. The largest absolute Gasteiger partial charge is 0.368 e. The van der Waals surface area contributed by atoms with Crippen molar-refractivity contribution in [3.8, 4) is 11.1 Å². The Hall–Kier alpha value is -2.13. The van der Waals surface area contributed by atoms with Gasteiger partial charge in [0.2, 0.25) is 5.96 Å². The molecule has 1 unspecified atom stereocenters. The smallest absolute Gasteiger partial charge is 0.215 e. The zero-order chi connectivity index (χ0) is 14.9. The number of hydrogen-bond donors (Lipinski definition) is 1. The molecule has 0 aromatic heterocycles. The molecule has 3 rings (SSSR count). The summed E-state index contributed by atoms with van der Waals surface area (Å²) in [6, 6.07) is 18.4. The van der Waals surface area contributed by atoms with Gasteiger partial charge < -0.3 is 5.73 Å². The number of guanidine groups is 1. The standard InChI is InChI=1S/C17H16ClN3/c1-17(18)11-20-16(19)21-15(17)14-9-5-8-13(10-14)12-6-3-2-4-7-12/h2-10H,11H2,1H3,(H2,19,20). The van der Waals surface area contributed by atoms with Gasteiger partial charge in [0, 0.05) is 0 Å². The molecule has 0 bridgehead atoms. The summed E-state index contributed by atoms with van der Waals surface area (Å²) in [5, 5.41) is 0. The Kier molecular flexibility index (Phi) is 3.52. The Balaban J connectivity index is 2.06. The van der Waals surface area contributed by atoms with Gasteiger partial charge in [-0.05, 0) is 29.7 Å². The average Bonchev–Trinajstić information content (AvgIpc) is 2.51. The van der Waals surface area contributed by atoms with Crippen LogP contribution in [0.4, 0.5) is 0 Å². The number of aliphatic imine (C=N–C) groups is 2. The molecule has 2 N–H and O–H groups in total. The van der Waals surface area contributed by atoms with Crippen molar-refractivity contribution in [2.45, 2.75) is 11.8 Å². The third kappa shape index (κ3) is 2.83. The fourth-order valence-electron chi connectivity index (χ4n) is 2.41. The maximum absolute atomic E-state index is 6.54. The van der Waals surface area contributed by atoms with E-state index in [1.807, 2.05) is 37.3 Å². The van der Waals surface area contributed by atoms with E-state index in [1.165, 1.54) is 0 Å². The average molecular weight is 298 g/mol. The van der Waals surface area contributed by atoms with Crippen molar-refractivity contribution >= 4 is 23.3 Å². The first kappa shape index (κ1) is 13.8. The lowest BCUT2D eigenvalue weighted by molar-refractivity contribution is 0.810. The summed E-state index contributed by atoms with van der Waals surface area (Å²) in [5.41, 5.74) is 9.78. The number of hydrogen-bond acceptors (Lipinski definition) is 3. The molecular weight excluding hydrogens is 282 g/mol. The number of nitrogens with two attached hydrogens (primary N) is 1. The van der Waals surface area contributed by atoms with Gasteiger partial charge in [-0.2, -0.15) is 0 Å². The van der Waals surface area contributed by atoms with E-state index in [4.69, 9.17) is 17.3 Å². The lowest BCUT2D eigenvalue weighted by Gasteiger charge is -2.26. The van der Waals surface area contributed by atoms with Crippen molar-refractivity contribution in [3.63, 3.8) is 0 Å². The molecule has 4 heteroatoms. The van der Waals surface area contributed by atoms with Crippen LogP contribution in [0, 0.1) is 0 Å². The molecule has 0 fully saturated rings. The van der Waals surface area contributed by atoms with Crippen LogP contribution in [0.25, 0.3) is 11.1 Å². The normalized spacial score (nSPS) is 21.6. The number of halogens is 1. The van der Waals surface area contributed by atoms with E-state index in [0.29, 0.717) is 6.54 Å². The quantitative estimate of drug-likeness (QED) is 0.848. The molecular formula is C17H16ClN3. The minimum absolute atomic E-state index is 0.285. The van der Waals surface area contributed by atoms with Crippen LogP contribution in [0.2, 0.25) is 0 Å². The molecule has 0 amide bonds. The molecule has 1 aliphatic heterocycles. The van der Waals surface area contributed by atoms with E-state index in [9.17, 15) is 0 Å². The van der Waals surface area contributed by atoms with Crippen LogP contribution in [-0.2, 0) is 0 Å². The topological polar surface area (TPSA) is 50.7 Å². The second kappa shape index (κ2) is 5.34. The maximum Gasteiger partial charge on any atom is 0.215 e.